The van der Waals surface area contributed by atoms with Crippen LogP contribution < -0.4 is 0 Å². The molecule has 0 amide bonds. The fourth-order valence-electron chi connectivity index (χ4n) is 3.27. The zero-order valence-electron chi connectivity index (χ0n) is 14.0. The fourth-order valence-corrected chi connectivity index (χ4v) is 3.27. The Morgan fingerprint density at radius 1 is 0.556 bits per heavy atom. The first-order valence-corrected chi connectivity index (χ1v) is 8.07. The topological polar surface area (TPSA) is 47.6 Å². The van der Waals surface area contributed by atoms with Crippen molar-refractivity contribution in [2.24, 2.45) is 0 Å². The largest absolute Gasteiger partial charge is 0.406 e. The van der Waals surface area contributed by atoms with Gasteiger partial charge in [0.05, 0.1) is 23.3 Å². The number of halogens is 3. The van der Waals surface area contributed by atoms with E-state index in [1.54, 1.807) is 18.2 Å². The first-order chi connectivity index (χ1) is 12.9. The number of nitrogens with zero attached hydrogens (tertiary/aromatic N) is 2. The number of hydrogen-bond donors (Lipinski definition) is 0. The average Bonchev–Trinajstić information content (AvgIpc) is 2.69. The molecule has 5 heteroatoms. The van der Waals surface area contributed by atoms with Gasteiger partial charge in [0.15, 0.2) is 0 Å². The van der Waals surface area contributed by atoms with E-state index in [1.165, 1.54) is 60.7 Å². The molecule has 132 valence electrons. The van der Waals surface area contributed by atoms with Crippen molar-refractivity contribution in [3.63, 3.8) is 0 Å². The molecule has 0 aromatic heterocycles. The lowest BCUT2D eigenvalue weighted by molar-refractivity contribution is -0.166. The van der Waals surface area contributed by atoms with Gasteiger partial charge >= 0.3 is 6.18 Å². The smallest absolute Gasteiger partial charge is 0.192 e. The Kier molecular flexibility index (Phi) is 4.71. The minimum Gasteiger partial charge on any atom is -0.192 e. The molecule has 0 aliphatic heterocycles. The van der Waals surface area contributed by atoms with Crippen molar-refractivity contribution < 1.29 is 13.2 Å². The number of rotatable bonds is 3. The van der Waals surface area contributed by atoms with E-state index in [-0.39, 0.29) is 27.8 Å². The molecule has 0 atom stereocenters. The highest BCUT2D eigenvalue weighted by atomic mass is 19.4. The first kappa shape index (κ1) is 18.2. The summed E-state index contributed by atoms with van der Waals surface area (Å²) in [7, 11) is 0. The summed E-state index contributed by atoms with van der Waals surface area (Å²) in [5.74, 6) is 0. The van der Waals surface area contributed by atoms with Gasteiger partial charge in [0.1, 0.15) is 5.41 Å². The molecule has 0 aliphatic rings. The summed E-state index contributed by atoms with van der Waals surface area (Å²) in [4.78, 5) is 0. The number of hydrogen-bond acceptors (Lipinski definition) is 2. The molecule has 0 radical (unpaired) electrons. The molecule has 0 spiro atoms. The van der Waals surface area contributed by atoms with Crippen LogP contribution in [-0.2, 0) is 5.41 Å². The molecule has 3 aromatic carbocycles. The van der Waals surface area contributed by atoms with Gasteiger partial charge in [-0.3, -0.25) is 0 Å². The Hall–Kier alpha value is -3.57. The summed E-state index contributed by atoms with van der Waals surface area (Å²) in [5.41, 5.74) is -1.79. The van der Waals surface area contributed by atoms with E-state index in [9.17, 15) is 13.2 Å². The van der Waals surface area contributed by atoms with Gasteiger partial charge in [-0.15, -0.1) is 0 Å². The van der Waals surface area contributed by atoms with Crippen LogP contribution in [0.5, 0.6) is 0 Å². The Morgan fingerprint density at radius 2 is 0.926 bits per heavy atom. The quantitative estimate of drug-likeness (QED) is 0.592. The SMILES string of the molecule is N#Cc1ccc(C(c2ccccc2)(c2ccc(C#N)cc2)C(F)(F)F)cc1. The zero-order valence-corrected chi connectivity index (χ0v) is 14.0. The highest BCUT2D eigenvalue weighted by Crippen LogP contribution is 2.51. The van der Waals surface area contributed by atoms with Gasteiger partial charge in [-0.1, -0.05) is 54.6 Å². The van der Waals surface area contributed by atoms with Gasteiger partial charge in [0, 0.05) is 0 Å². The lowest BCUT2D eigenvalue weighted by Crippen LogP contribution is -2.44. The number of benzene rings is 3. The van der Waals surface area contributed by atoms with Crippen molar-refractivity contribution in [3.05, 3.63) is 107 Å². The van der Waals surface area contributed by atoms with E-state index in [4.69, 9.17) is 10.5 Å². The first-order valence-electron chi connectivity index (χ1n) is 8.07. The van der Waals surface area contributed by atoms with Gasteiger partial charge in [0.25, 0.3) is 0 Å². The Bertz CT molecular complexity index is 949. The lowest BCUT2D eigenvalue weighted by Gasteiger charge is -2.37. The summed E-state index contributed by atoms with van der Waals surface area (Å²) in [6.07, 6.45) is -4.66. The van der Waals surface area contributed by atoms with E-state index in [0.29, 0.717) is 0 Å². The molecule has 0 aliphatic carbocycles. The Labute approximate surface area is 154 Å². The Balaban J connectivity index is 2.38. The van der Waals surface area contributed by atoms with Crippen LogP contribution in [-0.4, -0.2) is 6.18 Å². The number of nitriles is 2. The molecule has 0 bridgehead atoms. The van der Waals surface area contributed by atoms with Gasteiger partial charge in [-0.25, -0.2) is 0 Å². The van der Waals surface area contributed by atoms with Gasteiger partial charge in [-0.05, 0) is 41.0 Å². The maximum absolute atomic E-state index is 14.7. The van der Waals surface area contributed by atoms with Crippen molar-refractivity contribution in [1.82, 2.24) is 0 Å². The second kappa shape index (κ2) is 6.97. The van der Waals surface area contributed by atoms with Gasteiger partial charge in [0.2, 0.25) is 0 Å². The second-order valence-electron chi connectivity index (χ2n) is 5.99. The highest BCUT2D eigenvalue weighted by Gasteiger charge is 2.58. The van der Waals surface area contributed by atoms with Crippen molar-refractivity contribution in [2.45, 2.75) is 11.6 Å². The zero-order chi connectivity index (χ0) is 19.5. The molecule has 0 saturated carbocycles. The molecule has 2 nitrogen and oxygen atoms in total. The molecule has 0 heterocycles. The van der Waals surface area contributed by atoms with Crippen molar-refractivity contribution in [3.8, 4) is 12.1 Å². The summed E-state index contributed by atoms with van der Waals surface area (Å²) in [5, 5.41) is 18.0. The second-order valence-corrected chi connectivity index (χ2v) is 5.99. The lowest BCUT2D eigenvalue weighted by atomic mass is 9.68. The summed E-state index contributed by atoms with van der Waals surface area (Å²) in [6, 6.07) is 22.3. The maximum Gasteiger partial charge on any atom is 0.406 e. The van der Waals surface area contributed by atoms with E-state index in [1.807, 2.05) is 12.1 Å². The number of alkyl halides is 3. The van der Waals surface area contributed by atoms with Crippen LogP contribution in [0.25, 0.3) is 0 Å². The van der Waals surface area contributed by atoms with Gasteiger partial charge in [-0.2, -0.15) is 23.7 Å². The maximum atomic E-state index is 14.7. The Morgan fingerprint density at radius 3 is 1.26 bits per heavy atom. The van der Waals surface area contributed by atoms with E-state index < -0.39 is 11.6 Å². The van der Waals surface area contributed by atoms with E-state index >= 15 is 0 Å². The van der Waals surface area contributed by atoms with Crippen LogP contribution in [0.1, 0.15) is 27.8 Å². The molecular weight excluding hydrogens is 349 g/mol. The predicted octanol–water partition coefficient (Wildman–Crippen LogP) is 5.33. The van der Waals surface area contributed by atoms with Crippen molar-refractivity contribution in [1.29, 1.82) is 10.5 Å². The monoisotopic (exact) mass is 362 g/mol. The average molecular weight is 362 g/mol. The van der Waals surface area contributed by atoms with Crippen molar-refractivity contribution in [2.75, 3.05) is 0 Å². The van der Waals surface area contributed by atoms with E-state index in [0.717, 1.165) is 0 Å². The normalized spacial score (nSPS) is 11.4. The third kappa shape index (κ3) is 3.05. The van der Waals surface area contributed by atoms with Crippen LogP contribution in [0, 0.1) is 22.7 Å². The predicted molar refractivity (Wildman–Crippen MR) is 94.7 cm³/mol. The van der Waals surface area contributed by atoms with Crippen LogP contribution >= 0.6 is 0 Å². The van der Waals surface area contributed by atoms with E-state index in [2.05, 4.69) is 0 Å². The van der Waals surface area contributed by atoms with Crippen LogP contribution in [0.3, 0.4) is 0 Å². The molecule has 0 N–H and O–H groups in total. The van der Waals surface area contributed by atoms with Crippen molar-refractivity contribution >= 4 is 0 Å². The molecule has 3 rings (SSSR count). The van der Waals surface area contributed by atoms with Crippen LogP contribution in [0.15, 0.2) is 78.9 Å². The third-order valence-electron chi connectivity index (χ3n) is 4.53. The standard InChI is InChI=1S/C22H13F3N2/c23-22(24,25)21(18-4-2-1-3-5-18,19-10-6-16(14-26)7-11-19)20-12-8-17(15-27)9-13-20/h1-13H. The molecule has 0 saturated heterocycles. The minimum atomic E-state index is -4.66. The molecule has 3 aromatic rings. The van der Waals surface area contributed by atoms with Crippen LogP contribution in [0.4, 0.5) is 13.2 Å². The molecule has 0 unspecified atom stereocenters. The van der Waals surface area contributed by atoms with Gasteiger partial charge < -0.3 is 0 Å². The minimum absolute atomic E-state index is 0.00454. The fraction of sp³-hybridized carbons (Fsp3) is 0.0909. The molecule has 0 fully saturated rings. The summed E-state index contributed by atoms with van der Waals surface area (Å²) in [6.45, 7) is 0. The molecule has 27 heavy (non-hydrogen) atoms. The summed E-state index contributed by atoms with van der Waals surface area (Å²) >= 11 is 0. The highest BCUT2D eigenvalue weighted by molar-refractivity contribution is 5.54. The molecular formula is C22H13F3N2. The third-order valence-corrected chi connectivity index (χ3v) is 4.53. The summed E-state index contributed by atoms with van der Waals surface area (Å²) < 4.78 is 44.0. The van der Waals surface area contributed by atoms with Crippen LogP contribution in [0.2, 0.25) is 0 Å².